The van der Waals surface area contributed by atoms with Gasteiger partial charge in [0.2, 0.25) is 10.0 Å². The third-order valence-corrected chi connectivity index (χ3v) is 5.58. The molecule has 0 saturated carbocycles. The molecule has 2 aromatic carbocycles. The van der Waals surface area contributed by atoms with E-state index in [0.29, 0.717) is 11.1 Å². The Morgan fingerprint density at radius 3 is 2.44 bits per heavy atom. The SMILES string of the molecule is CCC(C)NC(=O)c1ccc(C)c(S(=O)(=O)NCc2ccccc2)c1. The number of aryl methyl sites for hydroxylation is 1. The zero-order chi connectivity index (χ0) is 18.4. The number of carbonyl (C=O) groups is 1. The first-order valence-corrected chi connectivity index (χ1v) is 9.77. The summed E-state index contributed by atoms with van der Waals surface area (Å²) >= 11 is 0. The van der Waals surface area contributed by atoms with Crippen LogP contribution in [0.3, 0.4) is 0 Å². The molecule has 1 unspecified atom stereocenters. The highest BCUT2D eigenvalue weighted by atomic mass is 32.2. The maximum Gasteiger partial charge on any atom is 0.251 e. The highest BCUT2D eigenvalue weighted by Crippen LogP contribution is 2.18. The van der Waals surface area contributed by atoms with Crippen molar-refractivity contribution in [2.45, 2.75) is 44.7 Å². The van der Waals surface area contributed by atoms with Crippen molar-refractivity contribution in [1.29, 1.82) is 0 Å². The van der Waals surface area contributed by atoms with Crippen molar-refractivity contribution < 1.29 is 13.2 Å². The minimum absolute atomic E-state index is 0.0325. The molecular weight excluding hydrogens is 336 g/mol. The molecule has 5 nitrogen and oxygen atoms in total. The largest absolute Gasteiger partial charge is 0.350 e. The molecule has 2 N–H and O–H groups in total. The summed E-state index contributed by atoms with van der Waals surface area (Å²) in [5.41, 5.74) is 1.81. The summed E-state index contributed by atoms with van der Waals surface area (Å²) in [5.74, 6) is -0.270. The molecule has 0 bridgehead atoms. The van der Waals surface area contributed by atoms with Gasteiger partial charge in [-0.15, -0.1) is 0 Å². The lowest BCUT2D eigenvalue weighted by molar-refractivity contribution is 0.0939. The van der Waals surface area contributed by atoms with Gasteiger partial charge < -0.3 is 5.32 Å². The Morgan fingerprint density at radius 1 is 1.12 bits per heavy atom. The molecule has 6 heteroatoms. The summed E-state index contributed by atoms with van der Waals surface area (Å²) in [6, 6.07) is 14.1. The predicted octanol–water partition coefficient (Wildman–Crippen LogP) is 3.00. The first-order chi connectivity index (χ1) is 11.8. The summed E-state index contributed by atoms with van der Waals surface area (Å²) in [5, 5.41) is 2.85. The second kappa shape index (κ2) is 8.27. The van der Waals surface area contributed by atoms with Gasteiger partial charge in [-0.05, 0) is 43.5 Å². The Kier molecular flexibility index (Phi) is 6.33. The van der Waals surface area contributed by atoms with Crippen LogP contribution in [-0.2, 0) is 16.6 Å². The fourth-order valence-corrected chi connectivity index (χ4v) is 3.58. The van der Waals surface area contributed by atoms with Gasteiger partial charge in [-0.2, -0.15) is 0 Å². The van der Waals surface area contributed by atoms with Crippen molar-refractivity contribution in [2.24, 2.45) is 0 Å². The molecule has 0 aromatic heterocycles. The first-order valence-electron chi connectivity index (χ1n) is 8.28. The smallest absolute Gasteiger partial charge is 0.251 e. The zero-order valence-electron chi connectivity index (χ0n) is 14.7. The lowest BCUT2D eigenvalue weighted by atomic mass is 10.1. The van der Waals surface area contributed by atoms with Gasteiger partial charge in [0.05, 0.1) is 4.90 Å². The molecule has 0 spiro atoms. The number of nitrogens with one attached hydrogen (secondary N) is 2. The fraction of sp³-hybridized carbons (Fsp3) is 0.316. The molecule has 0 aliphatic rings. The van der Waals surface area contributed by atoms with E-state index in [9.17, 15) is 13.2 Å². The number of hydrogen-bond acceptors (Lipinski definition) is 3. The van der Waals surface area contributed by atoms with Crippen LogP contribution >= 0.6 is 0 Å². The Labute approximate surface area is 149 Å². The third-order valence-electron chi connectivity index (χ3n) is 4.04. The van der Waals surface area contributed by atoms with Crippen LogP contribution < -0.4 is 10.0 Å². The van der Waals surface area contributed by atoms with E-state index >= 15 is 0 Å². The van der Waals surface area contributed by atoms with Crippen molar-refractivity contribution >= 4 is 15.9 Å². The molecule has 0 aliphatic carbocycles. The summed E-state index contributed by atoms with van der Waals surface area (Å²) < 4.78 is 27.9. The van der Waals surface area contributed by atoms with Crippen LogP contribution in [0.2, 0.25) is 0 Å². The van der Waals surface area contributed by atoms with Crippen molar-refractivity contribution in [3.63, 3.8) is 0 Å². The molecule has 2 aromatic rings. The first kappa shape index (κ1) is 19.1. The van der Waals surface area contributed by atoms with Crippen molar-refractivity contribution in [2.75, 3.05) is 0 Å². The molecule has 0 aliphatic heterocycles. The van der Waals surface area contributed by atoms with Crippen LogP contribution in [0.4, 0.5) is 0 Å². The molecule has 25 heavy (non-hydrogen) atoms. The molecule has 0 heterocycles. The lowest BCUT2D eigenvalue weighted by Crippen LogP contribution is -2.32. The standard InChI is InChI=1S/C19H24N2O3S/c1-4-15(3)21-19(22)17-11-10-14(2)18(12-17)25(23,24)20-13-16-8-6-5-7-9-16/h5-12,15,20H,4,13H2,1-3H3,(H,21,22). The van der Waals surface area contributed by atoms with Gasteiger partial charge in [-0.25, -0.2) is 13.1 Å². The predicted molar refractivity (Wildman–Crippen MR) is 98.9 cm³/mol. The van der Waals surface area contributed by atoms with Crippen LogP contribution in [0, 0.1) is 6.92 Å². The number of rotatable bonds is 7. The minimum Gasteiger partial charge on any atom is -0.350 e. The van der Waals surface area contributed by atoms with E-state index in [2.05, 4.69) is 10.0 Å². The van der Waals surface area contributed by atoms with Gasteiger partial charge in [0, 0.05) is 18.2 Å². The molecular formula is C19H24N2O3S. The summed E-state index contributed by atoms with van der Waals surface area (Å²) in [4.78, 5) is 12.4. The van der Waals surface area contributed by atoms with E-state index < -0.39 is 10.0 Å². The van der Waals surface area contributed by atoms with Crippen LogP contribution in [0.25, 0.3) is 0 Å². The molecule has 2 rings (SSSR count). The number of sulfonamides is 1. The second-order valence-corrected chi connectivity index (χ2v) is 7.81. The molecule has 0 saturated heterocycles. The highest BCUT2D eigenvalue weighted by molar-refractivity contribution is 7.89. The van der Waals surface area contributed by atoms with E-state index in [-0.39, 0.29) is 23.4 Å². The highest BCUT2D eigenvalue weighted by Gasteiger charge is 2.19. The Bertz CT molecular complexity index is 833. The maximum atomic E-state index is 12.6. The van der Waals surface area contributed by atoms with E-state index in [4.69, 9.17) is 0 Å². The normalized spacial score (nSPS) is 12.6. The van der Waals surface area contributed by atoms with Gasteiger partial charge >= 0.3 is 0 Å². The van der Waals surface area contributed by atoms with Crippen molar-refractivity contribution in [3.05, 3.63) is 65.2 Å². The van der Waals surface area contributed by atoms with Crippen molar-refractivity contribution in [3.8, 4) is 0 Å². The average Bonchev–Trinajstić information content (AvgIpc) is 2.61. The minimum atomic E-state index is -3.71. The Balaban J connectivity index is 2.22. The lowest BCUT2D eigenvalue weighted by Gasteiger charge is -2.14. The van der Waals surface area contributed by atoms with E-state index in [1.165, 1.54) is 6.07 Å². The Morgan fingerprint density at radius 2 is 1.80 bits per heavy atom. The molecule has 0 radical (unpaired) electrons. The van der Waals surface area contributed by atoms with Gasteiger partial charge in [0.15, 0.2) is 0 Å². The molecule has 1 amide bonds. The van der Waals surface area contributed by atoms with Gasteiger partial charge in [0.25, 0.3) is 5.91 Å². The summed E-state index contributed by atoms with van der Waals surface area (Å²) in [6.45, 7) is 5.80. The number of amides is 1. The second-order valence-electron chi connectivity index (χ2n) is 6.07. The summed E-state index contributed by atoms with van der Waals surface area (Å²) in [7, 11) is -3.71. The fourth-order valence-electron chi connectivity index (χ4n) is 2.29. The van der Waals surface area contributed by atoms with E-state index in [1.54, 1.807) is 19.1 Å². The monoisotopic (exact) mass is 360 g/mol. The molecule has 134 valence electrons. The number of carbonyl (C=O) groups excluding carboxylic acids is 1. The number of benzene rings is 2. The van der Waals surface area contributed by atoms with E-state index in [0.717, 1.165) is 12.0 Å². The summed E-state index contributed by atoms with van der Waals surface area (Å²) in [6.07, 6.45) is 0.807. The van der Waals surface area contributed by atoms with Gasteiger partial charge in [-0.1, -0.05) is 43.3 Å². The Hall–Kier alpha value is -2.18. The quantitative estimate of drug-likeness (QED) is 0.797. The topological polar surface area (TPSA) is 75.3 Å². The maximum absolute atomic E-state index is 12.6. The molecule has 1 atom stereocenters. The van der Waals surface area contributed by atoms with Crippen LogP contribution in [-0.4, -0.2) is 20.4 Å². The van der Waals surface area contributed by atoms with Gasteiger partial charge in [-0.3, -0.25) is 4.79 Å². The molecule has 0 fully saturated rings. The average molecular weight is 360 g/mol. The van der Waals surface area contributed by atoms with E-state index in [1.807, 2.05) is 44.2 Å². The van der Waals surface area contributed by atoms with Crippen LogP contribution in [0.15, 0.2) is 53.4 Å². The van der Waals surface area contributed by atoms with Crippen molar-refractivity contribution in [1.82, 2.24) is 10.0 Å². The third kappa shape index (κ3) is 5.14. The van der Waals surface area contributed by atoms with Gasteiger partial charge in [0.1, 0.15) is 0 Å². The van der Waals surface area contributed by atoms with Crippen LogP contribution in [0.1, 0.15) is 41.8 Å². The van der Waals surface area contributed by atoms with Crippen LogP contribution in [0.5, 0.6) is 0 Å². The zero-order valence-corrected chi connectivity index (χ0v) is 15.6. The number of hydrogen-bond donors (Lipinski definition) is 2.